The molecule has 2 amide bonds. The Labute approximate surface area is 181 Å². The third kappa shape index (κ3) is 5.11. The van der Waals surface area contributed by atoms with E-state index < -0.39 is 5.41 Å². The number of benzene rings is 2. The molecule has 0 aromatic heterocycles. The van der Waals surface area contributed by atoms with E-state index in [1.54, 1.807) is 30.3 Å². The average Bonchev–Trinajstić information content (AvgIpc) is 3.27. The van der Waals surface area contributed by atoms with Crippen LogP contribution in [-0.2, 0) is 19.7 Å². The molecule has 0 bridgehead atoms. The first-order chi connectivity index (χ1) is 15.0. The van der Waals surface area contributed by atoms with Crippen molar-refractivity contribution in [1.29, 1.82) is 0 Å². The van der Waals surface area contributed by atoms with Crippen LogP contribution in [0, 0.1) is 5.82 Å². The summed E-state index contributed by atoms with van der Waals surface area (Å²) in [7, 11) is 0. The molecule has 2 fully saturated rings. The maximum atomic E-state index is 13.8. The molecular formula is C24H28FN3O3. The molecule has 1 saturated heterocycles. The van der Waals surface area contributed by atoms with Gasteiger partial charge in [-0.3, -0.25) is 14.5 Å². The molecule has 6 nitrogen and oxygen atoms in total. The van der Waals surface area contributed by atoms with E-state index in [2.05, 4.69) is 15.5 Å². The topological polar surface area (TPSA) is 70.7 Å². The SMILES string of the molecule is O=C(CN1CCOCC1)Nc1ccc(NC(=O)C2(c3cccc(F)c3)CCCC2)cc1. The van der Waals surface area contributed by atoms with Crippen molar-refractivity contribution in [3.8, 4) is 0 Å². The van der Waals surface area contributed by atoms with Crippen LogP contribution in [0.1, 0.15) is 31.2 Å². The molecule has 4 rings (SSSR count). The summed E-state index contributed by atoms with van der Waals surface area (Å²) in [6, 6.07) is 13.5. The molecule has 2 N–H and O–H groups in total. The molecule has 31 heavy (non-hydrogen) atoms. The van der Waals surface area contributed by atoms with Gasteiger partial charge in [-0.1, -0.05) is 25.0 Å². The molecule has 1 heterocycles. The van der Waals surface area contributed by atoms with Crippen molar-refractivity contribution < 1.29 is 18.7 Å². The first kappa shape index (κ1) is 21.5. The number of hydrogen-bond acceptors (Lipinski definition) is 4. The number of nitrogens with one attached hydrogen (secondary N) is 2. The summed E-state index contributed by atoms with van der Waals surface area (Å²) in [4.78, 5) is 27.5. The summed E-state index contributed by atoms with van der Waals surface area (Å²) in [6.07, 6.45) is 3.30. The fraction of sp³-hybridized carbons (Fsp3) is 0.417. The van der Waals surface area contributed by atoms with Gasteiger partial charge in [0.05, 0.1) is 25.2 Å². The Morgan fingerprint density at radius 2 is 1.61 bits per heavy atom. The van der Waals surface area contributed by atoms with E-state index in [9.17, 15) is 14.0 Å². The lowest BCUT2D eigenvalue weighted by Gasteiger charge is -2.28. The van der Waals surface area contributed by atoms with E-state index in [1.165, 1.54) is 12.1 Å². The number of rotatable bonds is 6. The van der Waals surface area contributed by atoms with Gasteiger partial charge in [0.25, 0.3) is 0 Å². The maximum Gasteiger partial charge on any atom is 0.238 e. The number of carbonyl (C=O) groups is 2. The van der Waals surface area contributed by atoms with E-state index in [4.69, 9.17) is 4.74 Å². The van der Waals surface area contributed by atoms with Crippen molar-refractivity contribution in [3.05, 3.63) is 59.9 Å². The van der Waals surface area contributed by atoms with Crippen LogP contribution < -0.4 is 10.6 Å². The van der Waals surface area contributed by atoms with Gasteiger partial charge >= 0.3 is 0 Å². The summed E-state index contributed by atoms with van der Waals surface area (Å²) < 4.78 is 19.1. The number of ether oxygens (including phenoxy) is 1. The zero-order valence-electron chi connectivity index (χ0n) is 17.5. The van der Waals surface area contributed by atoms with Crippen molar-refractivity contribution in [2.75, 3.05) is 43.5 Å². The van der Waals surface area contributed by atoms with Crippen molar-refractivity contribution >= 4 is 23.2 Å². The normalized spacial score (nSPS) is 18.5. The van der Waals surface area contributed by atoms with Gasteiger partial charge in [0.2, 0.25) is 11.8 Å². The number of carbonyl (C=O) groups excluding carboxylic acids is 2. The summed E-state index contributed by atoms with van der Waals surface area (Å²) >= 11 is 0. The Morgan fingerprint density at radius 3 is 2.26 bits per heavy atom. The van der Waals surface area contributed by atoms with Gasteiger partial charge in [0, 0.05) is 24.5 Å². The van der Waals surface area contributed by atoms with E-state index in [1.807, 2.05) is 6.07 Å². The Bertz CT molecular complexity index is 920. The van der Waals surface area contributed by atoms with Crippen LogP contribution in [0.5, 0.6) is 0 Å². The molecule has 0 spiro atoms. The van der Waals surface area contributed by atoms with Crippen molar-refractivity contribution in [2.24, 2.45) is 0 Å². The van der Waals surface area contributed by atoms with Gasteiger partial charge in [0.15, 0.2) is 0 Å². The van der Waals surface area contributed by atoms with Gasteiger partial charge in [0.1, 0.15) is 5.82 Å². The predicted octanol–water partition coefficient (Wildman–Crippen LogP) is 3.55. The lowest BCUT2D eigenvalue weighted by atomic mass is 9.78. The predicted molar refractivity (Wildman–Crippen MR) is 118 cm³/mol. The minimum Gasteiger partial charge on any atom is -0.379 e. The molecular weight excluding hydrogens is 397 g/mol. The highest BCUT2D eigenvalue weighted by Gasteiger charge is 2.42. The zero-order chi connectivity index (χ0) is 21.7. The van der Waals surface area contributed by atoms with Crippen molar-refractivity contribution in [2.45, 2.75) is 31.1 Å². The second-order valence-corrected chi connectivity index (χ2v) is 8.27. The minimum absolute atomic E-state index is 0.0744. The first-order valence-electron chi connectivity index (χ1n) is 10.8. The number of morpholine rings is 1. The van der Waals surface area contributed by atoms with E-state index >= 15 is 0 Å². The molecule has 1 aliphatic heterocycles. The number of anilines is 2. The Hall–Kier alpha value is -2.77. The molecule has 0 radical (unpaired) electrons. The Morgan fingerprint density at radius 1 is 0.968 bits per heavy atom. The maximum absolute atomic E-state index is 13.8. The van der Waals surface area contributed by atoms with Crippen LogP contribution in [0.3, 0.4) is 0 Å². The fourth-order valence-corrected chi connectivity index (χ4v) is 4.46. The second-order valence-electron chi connectivity index (χ2n) is 8.27. The molecule has 1 aliphatic carbocycles. The van der Waals surface area contributed by atoms with E-state index in [0.717, 1.165) is 31.5 Å². The van der Waals surface area contributed by atoms with Crippen molar-refractivity contribution in [1.82, 2.24) is 4.90 Å². The lowest BCUT2D eigenvalue weighted by Crippen LogP contribution is -2.41. The standard InChI is InChI=1S/C24H28FN3O3/c25-19-5-3-4-18(16-19)24(10-1-2-11-24)23(30)27-21-8-6-20(7-9-21)26-22(29)17-28-12-14-31-15-13-28/h3-9,16H,1-2,10-15,17H2,(H,26,29)(H,27,30). The molecule has 0 atom stereocenters. The smallest absolute Gasteiger partial charge is 0.238 e. The molecule has 164 valence electrons. The molecule has 7 heteroatoms. The van der Waals surface area contributed by atoms with Crippen molar-refractivity contribution in [3.63, 3.8) is 0 Å². The summed E-state index contributed by atoms with van der Waals surface area (Å²) in [5.41, 5.74) is 1.36. The van der Waals surface area contributed by atoms with Gasteiger partial charge in [-0.2, -0.15) is 0 Å². The highest BCUT2D eigenvalue weighted by atomic mass is 19.1. The van der Waals surface area contributed by atoms with Gasteiger partial charge in [-0.25, -0.2) is 4.39 Å². The number of amides is 2. The molecule has 2 aromatic rings. The van der Waals surface area contributed by atoms with Gasteiger partial charge in [-0.15, -0.1) is 0 Å². The third-order valence-electron chi connectivity index (χ3n) is 6.17. The average molecular weight is 426 g/mol. The molecule has 2 aromatic carbocycles. The third-order valence-corrected chi connectivity index (χ3v) is 6.17. The van der Waals surface area contributed by atoms with Crippen LogP contribution in [0.4, 0.5) is 15.8 Å². The van der Waals surface area contributed by atoms with Gasteiger partial charge < -0.3 is 15.4 Å². The summed E-state index contributed by atoms with van der Waals surface area (Å²) in [5.74, 6) is -0.511. The zero-order valence-corrected chi connectivity index (χ0v) is 17.5. The minimum atomic E-state index is -0.701. The monoisotopic (exact) mass is 425 g/mol. The summed E-state index contributed by atoms with van der Waals surface area (Å²) in [6.45, 7) is 3.15. The van der Waals surface area contributed by atoms with Crippen LogP contribution in [0.15, 0.2) is 48.5 Å². The lowest BCUT2D eigenvalue weighted by molar-refractivity contribution is -0.121. The number of hydrogen-bond donors (Lipinski definition) is 2. The fourth-order valence-electron chi connectivity index (χ4n) is 4.46. The highest BCUT2D eigenvalue weighted by Crippen LogP contribution is 2.42. The first-order valence-corrected chi connectivity index (χ1v) is 10.8. The van der Waals surface area contributed by atoms with Crippen LogP contribution in [0.2, 0.25) is 0 Å². The number of halogens is 1. The van der Waals surface area contributed by atoms with Gasteiger partial charge in [-0.05, 0) is 54.8 Å². The second kappa shape index (κ2) is 9.58. The van der Waals surface area contributed by atoms with Crippen LogP contribution >= 0.6 is 0 Å². The quantitative estimate of drug-likeness (QED) is 0.743. The van der Waals surface area contributed by atoms with Crippen LogP contribution in [-0.4, -0.2) is 49.6 Å². The van der Waals surface area contributed by atoms with E-state index in [-0.39, 0.29) is 17.6 Å². The van der Waals surface area contributed by atoms with Crippen LogP contribution in [0.25, 0.3) is 0 Å². The van der Waals surface area contributed by atoms with E-state index in [0.29, 0.717) is 44.0 Å². The number of nitrogens with zero attached hydrogens (tertiary/aromatic N) is 1. The Balaban J connectivity index is 1.38. The summed E-state index contributed by atoms with van der Waals surface area (Å²) in [5, 5.41) is 5.88. The molecule has 0 unspecified atom stereocenters. The molecule has 2 aliphatic rings. The largest absolute Gasteiger partial charge is 0.379 e. The highest BCUT2D eigenvalue weighted by molar-refractivity contribution is 6.00. The Kier molecular flexibility index (Phi) is 6.63. The molecule has 1 saturated carbocycles.